The Morgan fingerprint density at radius 1 is 1.20 bits per heavy atom. The van der Waals surface area contributed by atoms with Gasteiger partial charge in [0.05, 0.1) is 17.0 Å². The molecule has 158 valence electrons. The zero-order valence-corrected chi connectivity index (χ0v) is 18.1. The summed E-state index contributed by atoms with van der Waals surface area (Å²) in [6, 6.07) is 11.9. The number of methoxy groups -OCH3 is 1. The van der Waals surface area contributed by atoms with Crippen LogP contribution in [-0.2, 0) is 16.6 Å². The number of aliphatic imine (C=N–C) groups is 1. The summed E-state index contributed by atoms with van der Waals surface area (Å²) >= 11 is 6.21. The van der Waals surface area contributed by atoms with E-state index >= 15 is 0 Å². The number of pyridine rings is 1. The molecule has 2 aromatic carbocycles. The summed E-state index contributed by atoms with van der Waals surface area (Å²) in [5.41, 5.74) is 11.8. The van der Waals surface area contributed by atoms with Crippen molar-refractivity contribution in [1.82, 2.24) is 9.29 Å². The minimum atomic E-state index is -3.81. The Kier molecular flexibility index (Phi) is 6.45. The minimum absolute atomic E-state index is 0.0934. The van der Waals surface area contributed by atoms with Crippen molar-refractivity contribution in [2.45, 2.75) is 18.4 Å². The molecular formula is C20H22ClN5O3S. The van der Waals surface area contributed by atoms with Crippen molar-refractivity contribution in [3.05, 3.63) is 59.2 Å². The lowest BCUT2D eigenvalue weighted by molar-refractivity contribution is 0.407. The minimum Gasteiger partial charge on any atom is -0.497 e. The third-order valence-electron chi connectivity index (χ3n) is 4.51. The first kappa shape index (κ1) is 21.8. The van der Waals surface area contributed by atoms with Gasteiger partial charge >= 0.3 is 0 Å². The Labute approximate surface area is 180 Å². The molecule has 3 aromatic rings. The van der Waals surface area contributed by atoms with E-state index in [4.69, 9.17) is 27.8 Å². The highest BCUT2D eigenvalue weighted by Crippen LogP contribution is 2.32. The Morgan fingerprint density at radius 2 is 1.97 bits per heavy atom. The Balaban J connectivity index is 2.06. The molecule has 0 aliphatic rings. The largest absolute Gasteiger partial charge is 0.497 e. The molecule has 0 amide bonds. The molecule has 4 N–H and O–H groups in total. The van der Waals surface area contributed by atoms with E-state index < -0.39 is 10.0 Å². The molecule has 0 radical (unpaired) electrons. The van der Waals surface area contributed by atoms with Crippen LogP contribution in [0.25, 0.3) is 10.8 Å². The number of fused-ring (bicyclic) bond motifs is 1. The first-order valence-electron chi connectivity index (χ1n) is 9.07. The van der Waals surface area contributed by atoms with Gasteiger partial charge in [0.25, 0.3) is 0 Å². The maximum absolute atomic E-state index is 13.3. The molecule has 0 aliphatic heterocycles. The summed E-state index contributed by atoms with van der Waals surface area (Å²) in [6.45, 7) is 2.26. The van der Waals surface area contributed by atoms with Crippen LogP contribution in [0.5, 0.6) is 5.75 Å². The second-order valence-electron chi connectivity index (χ2n) is 6.46. The molecule has 10 heteroatoms. The van der Waals surface area contributed by atoms with E-state index in [-0.39, 0.29) is 29.8 Å². The molecule has 0 aliphatic carbocycles. The predicted molar refractivity (Wildman–Crippen MR) is 118 cm³/mol. The molecule has 1 aromatic heterocycles. The van der Waals surface area contributed by atoms with Crippen molar-refractivity contribution in [3.8, 4) is 5.75 Å². The summed E-state index contributed by atoms with van der Waals surface area (Å²) in [7, 11) is -2.24. The van der Waals surface area contributed by atoms with Gasteiger partial charge in [0, 0.05) is 30.1 Å². The molecule has 8 nitrogen and oxygen atoms in total. The van der Waals surface area contributed by atoms with Gasteiger partial charge in [0.2, 0.25) is 10.0 Å². The molecule has 0 unspecified atom stereocenters. The SMILES string of the molecule is CCN(Cc1cccc(OC)c1)S(=O)(=O)c1ccc2c(Cl)cnc(N=C(N)N)c2c1. The van der Waals surface area contributed by atoms with E-state index in [2.05, 4.69) is 9.98 Å². The van der Waals surface area contributed by atoms with Gasteiger partial charge in [0.15, 0.2) is 11.8 Å². The van der Waals surface area contributed by atoms with Gasteiger partial charge in [-0.15, -0.1) is 0 Å². The monoisotopic (exact) mass is 447 g/mol. The lowest BCUT2D eigenvalue weighted by Crippen LogP contribution is -2.30. The van der Waals surface area contributed by atoms with Gasteiger partial charge < -0.3 is 16.2 Å². The summed E-state index contributed by atoms with van der Waals surface area (Å²) < 4.78 is 33.3. The van der Waals surface area contributed by atoms with Gasteiger partial charge in [-0.25, -0.2) is 13.4 Å². The van der Waals surface area contributed by atoms with E-state index in [0.717, 1.165) is 5.56 Å². The summed E-state index contributed by atoms with van der Waals surface area (Å²) in [6.07, 6.45) is 1.42. The van der Waals surface area contributed by atoms with Crippen LogP contribution in [0.15, 0.2) is 58.5 Å². The number of nitrogens with zero attached hydrogens (tertiary/aromatic N) is 3. The highest BCUT2D eigenvalue weighted by molar-refractivity contribution is 7.89. The van der Waals surface area contributed by atoms with E-state index in [9.17, 15) is 8.42 Å². The molecule has 0 spiro atoms. The number of halogens is 1. The zero-order chi connectivity index (χ0) is 21.9. The van der Waals surface area contributed by atoms with E-state index in [1.807, 2.05) is 12.1 Å². The van der Waals surface area contributed by atoms with Crippen LogP contribution in [0.1, 0.15) is 12.5 Å². The average molecular weight is 448 g/mol. The second-order valence-corrected chi connectivity index (χ2v) is 8.80. The van der Waals surface area contributed by atoms with Crippen molar-refractivity contribution in [2.24, 2.45) is 16.5 Å². The van der Waals surface area contributed by atoms with Crippen LogP contribution < -0.4 is 16.2 Å². The first-order chi connectivity index (χ1) is 14.3. The molecule has 0 fully saturated rings. The highest BCUT2D eigenvalue weighted by Gasteiger charge is 2.24. The van der Waals surface area contributed by atoms with Crippen LogP contribution in [0.3, 0.4) is 0 Å². The fourth-order valence-corrected chi connectivity index (χ4v) is 4.71. The number of hydrogen-bond acceptors (Lipinski definition) is 5. The molecule has 0 atom stereocenters. The van der Waals surface area contributed by atoms with Crippen LogP contribution >= 0.6 is 11.6 Å². The van der Waals surface area contributed by atoms with Crippen LogP contribution in [0, 0.1) is 0 Å². The van der Waals surface area contributed by atoms with Crippen molar-refractivity contribution in [1.29, 1.82) is 0 Å². The van der Waals surface area contributed by atoms with Crippen molar-refractivity contribution in [2.75, 3.05) is 13.7 Å². The van der Waals surface area contributed by atoms with Gasteiger partial charge in [-0.2, -0.15) is 9.30 Å². The third kappa shape index (κ3) is 4.48. The molecule has 30 heavy (non-hydrogen) atoms. The fourth-order valence-electron chi connectivity index (χ4n) is 3.04. The number of aromatic nitrogens is 1. The molecule has 1 heterocycles. The van der Waals surface area contributed by atoms with Crippen LogP contribution in [-0.4, -0.2) is 37.3 Å². The van der Waals surface area contributed by atoms with Crippen LogP contribution in [0.4, 0.5) is 5.82 Å². The second kappa shape index (κ2) is 8.86. The standard InChI is InChI=1S/C20H22ClN5O3S/c1-3-26(12-13-5-4-6-14(9-13)29-2)30(27,28)15-7-8-16-17(10-15)19(25-20(22)23)24-11-18(16)21/h4-11H,3,12H2,1-2H3,(H4,22,23,24,25). The normalized spacial score (nSPS) is 11.6. The zero-order valence-electron chi connectivity index (χ0n) is 16.5. The van der Waals surface area contributed by atoms with Crippen LogP contribution in [0.2, 0.25) is 5.02 Å². The highest BCUT2D eigenvalue weighted by atomic mass is 35.5. The molecule has 3 rings (SSSR count). The van der Waals surface area contributed by atoms with Crippen molar-refractivity contribution >= 4 is 44.2 Å². The van der Waals surface area contributed by atoms with Gasteiger partial charge in [-0.1, -0.05) is 36.7 Å². The number of sulfonamides is 1. The Morgan fingerprint density at radius 3 is 2.63 bits per heavy atom. The summed E-state index contributed by atoms with van der Waals surface area (Å²) in [5.74, 6) is 0.670. The van der Waals surface area contributed by atoms with Gasteiger partial charge in [-0.05, 0) is 29.8 Å². The predicted octanol–water partition coefficient (Wildman–Crippen LogP) is 3.01. The number of rotatable bonds is 7. The third-order valence-corrected chi connectivity index (χ3v) is 6.73. The fraction of sp³-hybridized carbons (Fsp3) is 0.200. The van der Waals surface area contributed by atoms with Gasteiger partial charge in [-0.3, -0.25) is 0 Å². The van der Waals surface area contributed by atoms with E-state index in [1.54, 1.807) is 32.2 Å². The molecular weight excluding hydrogens is 426 g/mol. The number of ether oxygens (including phenoxy) is 1. The Hall–Kier alpha value is -2.88. The number of hydrogen-bond donors (Lipinski definition) is 2. The lowest BCUT2D eigenvalue weighted by Gasteiger charge is -2.21. The number of nitrogens with two attached hydrogens (primary N) is 2. The quantitative estimate of drug-likeness (QED) is 0.423. The number of guanidine groups is 1. The molecule has 0 saturated carbocycles. The number of benzene rings is 2. The molecule has 0 saturated heterocycles. The smallest absolute Gasteiger partial charge is 0.243 e. The topological polar surface area (TPSA) is 124 Å². The van der Waals surface area contributed by atoms with Crippen molar-refractivity contribution in [3.63, 3.8) is 0 Å². The maximum Gasteiger partial charge on any atom is 0.243 e. The van der Waals surface area contributed by atoms with E-state index in [1.165, 1.54) is 22.6 Å². The van der Waals surface area contributed by atoms with Gasteiger partial charge in [0.1, 0.15) is 5.75 Å². The lowest BCUT2D eigenvalue weighted by atomic mass is 10.1. The summed E-state index contributed by atoms with van der Waals surface area (Å²) in [4.78, 5) is 8.20. The maximum atomic E-state index is 13.3. The average Bonchev–Trinajstić information content (AvgIpc) is 2.73. The van der Waals surface area contributed by atoms with Crippen molar-refractivity contribution < 1.29 is 13.2 Å². The van der Waals surface area contributed by atoms with E-state index in [0.29, 0.717) is 21.5 Å². The molecule has 0 bridgehead atoms. The Bertz CT molecular complexity index is 1210. The summed E-state index contributed by atoms with van der Waals surface area (Å²) in [5, 5.41) is 1.41. The first-order valence-corrected chi connectivity index (χ1v) is 10.9.